The van der Waals surface area contributed by atoms with Gasteiger partial charge in [0.1, 0.15) is 12.2 Å². The number of nitrogens with one attached hydrogen (secondary N) is 2. The van der Waals surface area contributed by atoms with Crippen LogP contribution in [-0.2, 0) is 6.54 Å². The molecular weight excluding hydrogens is 358 g/mol. The van der Waals surface area contributed by atoms with Crippen LogP contribution in [0.2, 0.25) is 0 Å². The van der Waals surface area contributed by atoms with Gasteiger partial charge in [0.05, 0.1) is 10.9 Å². The number of pyridine rings is 1. The lowest BCUT2D eigenvalue weighted by atomic mass is 10.1. The van der Waals surface area contributed by atoms with E-state index in [1.807, 2.05) is 31.2 Å². The van der Waals surface area contributed by atoms with Crippen molar-refractivity contribution in [3.05, 3.63) is 75.1 Å². The van der Waals surface area contributed by atoms with Crippen molar-refractivity contribution < 1.29 is 14.7 Å². The summed E-state index contributed by atoms with van der Waals surface area (Å²) in [6, 6.07) is 10.8. The number of rotatable bonds is 4. The minimum atomic E-state index is -0.495. The summed E-state index contributed by atoms with van der Waals surface area (Å²) in [5, 5.41) is 11.8. The molecule has 0 unspecified atom stereocenters. The fraction of sp³-hybridized carbons (Fsp3) is 0.143. The lowest BCUT2D eigenvalue weighted by Crippen LogP contribution is -2.28. The molecule has 0 aliphatic carbocycles. The lowest BCUT2D eigenvalue weighted by molar-refractivity contribution is 0.0949. The second kappa shape index (κ2) is 8.39. The third kappa shape index (κ3) is 4.04. The monoisotopic (exact) mass is 377 g/mol. The Hall–Kier alpha value is -3.60. The van der Waals surface area contributed by atoms with Gasteiger partial charge in [0.25, 0.3) is 5.91 Å². The highest BCUT2D eigenvalue weighted by atomic mass is 16.6. The van der Waals surface area contributed by atoms with Crippen LogP contribution in [0.5, 0.6) is 5.75 Å². The van der Waals surface area contributed by atoms with E-state index >= 15 is 0 Å². The summed E-state index contributed by atoms with van der Waals surface area (Å²) in [7, 11) is 0. The van der Waals surface area contributed by atoms with Crippen LogP contribution in [0.4, 0.5) is 0 Å². The van der Waals surface area contributed by atoms with Gasteiger partial charge in [-0.3, -0.25) is 9.59 Å². The molecule has 0 aliphatic rings. The van der Waals surface area contributed by atoms with Gasteiger partial charge in [-0.05, 0) is 18.6 Å². The molecule has 0 radical (unpaired) electrons. The van der Waals surface area contributed by atoms with Crippen LogP contribution >= 0.6 is 0 Å². The van der Waals surface area contributed by atoms with Gasteiger partial charge in [0.15, 0.2) is 5.75 Å². The average molecular weight is 377 g/mol. The number of H-pyrrole nitrogens is 1. The lowest BCUT2D eigenvalue weighted by Gasteiger charge is -2.09. The number of aryl methyl sites for hydroxylation is 1. The molecule has 0 bridgehead atoms. The summed E-state index contributed by atoms with van der Waals surface area (Å²) in [5.74, 6) is 10.2. The highest BCUT2D eigenvalue weighted by Crippen LogP contribution is 2.23. The molecule has 1 heterocycles. The minimum absolute atomic E-state index is 0.0325. The molecule has 1 aromatic heterocycles. The van der Waals surface area contributed by atoms with Crippen LogP contribution in [0.3, 0.4) is 0 Å². The number of carbonyl (C=O) groups excluding carboxylic acids is 1. The first-order valence-corrected chi connectivity index (χ1v) is 8.53. The first-order chi connectivity index (χ1) is 13.5. The Morgan fingerprint density at radius 2 is 2.04 bits per heavy atom. The number of aliphatic hydroxyl groups excluding tert-OH is 1. The number of benzene rings is 2. The number of aromatic nitrogens is 1. The van der Waals surface area contributed by atoms with Gasteiger partial charge in [0, 0.05) is 24.4 Å². The number of carbonyl (C=O) groups is 1. The maximum absolute atomic E-state index is 12.8. The summed E-state index contributed by atoms with van der Waals surface area (Å²) in [5.41, 5.74) is 2.34. The molecule has 0 spiro atoms. The predicted octanol–water partition coefficient (Wildman–Crippen LogP) is 1.36. The van der Waals surface area contributed by atoms with Crippen molar-refractivity contribution >= 4 is 16.8 Å². The highest BCUT2D eigenvalue weighted by Gasteiger charge is 2.16. The quantitative estimate of drug-likeness (QED) is 0.405. The first kappa shape index (κ1) is 19.2. The normalized spacial score (nSPS) is 10.2. The number of nitrogens with two attached hydrogens (primary N) is 1. The minimum Gasteiger partial charge on any atom is -0.409 e. The number of hydrogen-bond acceptors (Lipinski definition) is 5. The van der Waals surface area contributed by atoms with Gasteiger partial charge in [0.2, 0.25) is 5.43 Å². The van der Waals surface area contributed by atoms with E-state index < -0.39 is 11.3 Å². The molecular formula is C21H19N3O4. The van der Waals surface area contributed by atoms with Gasteiger partial charge < -0.3 is 20.2 Å². The number of aromatic amines is 1. The van der Waals surface area contributed by atoms with Crippen LogP contribution in [0.1, 0.15) is 27.0 Å². The van der Waals surface area contributed by atoms with Crippen LogP contribution in [0.25, 0.3) is 10.9 Å². The Balaban J connectivity index is 1.95. The Morgan fingerprint density at radius 1 is 1.29 bits per heavy atom. The zero-order valence-electron chi connectivity index (χ0n) is 15.2. The molecule has 7 heteroatoms. The molecule has 7 nitrogen and oxygen atoms in total. The summed E-state index contributed by atoms with van der Waals surface area (Å²) in [6.07, 6.45) is 1.33. The summed E-state index contributed by atoms with van der Waals surface area (Å²) in [4.78, 5) is 33.1. The Kier molecular flexibility index (Phi) is 5.75. The molecule has 3 rings (SSSR count). The smallest absolute Gasteiger partial charge is 0.257 e. The van der Waals surface area contributed by atoms with Crippen LogP contribution < -0.4 is 21.5 Å². The van der Waals surface area contributed by atoms with Crippen molar-refractivity contribution in [1.82, 2.24) is 10.3 Å². The Morgan fingerprint density at radius 3 is 2.71 bits per heavy atom. The SMILES string of the molecule is Cc1ccc(CNC(=O)c2c[nH]c3c(ON)cc(C#CCO)cc3c2=O)cc1. The molecule has 0 fully saturated rings. The molecule has 1 amide bonds. The number of amides is 1. The van der Waals surface area contributed by atoms with Crippen molar-refractivity contribution in [2.24, 2.45) is 5.90 Å². The maximum atomic E-state index is 12.8. The van der Waals surface area contributed by atoms with Gasteiger partial charge in [-0.1, -0.05) is 41.7 Å². The third-order valence-electron chi connectivity index (χ3n) is 4.21. The molecule has 0 atom stereocenters. The van der Waals surface area contributed by atoms with Crippen LogP contribution in [0, 0.1) is 18.8 Å². The topological polar surface area (TPSA) is 117 Å². The summed E-state index contributed by atoms with van der Waals surface area (Å²) in [6.45, 7) is 1.96. The van der Waals surface area contributed by atoms with Crippen molar-refractivity contribution in [2.75, 3.05) is 6.61 Å². The fourth-order valence-electron chi connectivity index (χ4n) is 2.76. The van der Waals surface area contributed by atoms with E-state index in [-0.39, 0.29) is 23.3 Å². The zero-order valence-corrected chi connectivity index (χ0v) is 15.2. The molecule has 3 aromatic rings. The number of fused-ring (bicyclic) bond motifs is 1. The second-order valence-corrected chi connectivity index (χ2v) is 6.17. The number of aliphatic hydroxyl groups is 1. The van der Waals surface area contributed by atoms with Crippen molar-refractivity contribution in [2.45, 2.75) is 13.5 Å². The molecule has 0 aliphatic heterocycles. The molecule has 142 valence electrons. The zero-order chi connectivity index (χ0) is 20.1. The molecule has 0 saturated heterocycles. The van der Waals surface area contributed by atoms with E-state index in [4.69, 9.17) is 15.8 Å². The van der Waals surface area contributed by atoms with Crippen LogP contribution in [0.15, 0.2) is 47.4 Å². The first-order valence-electron chi connectivity index (χ1n) is 8.53. The van der Waals surface area contributed by atoms with Gasteiger partial charge in [-0.2, -0.15) is 5.90 Å². The van der Waals surface area contributed by atoms with Gasteiger partial charge >= 0.3 is 0 Å². The van der Waals surface area contributed by atoms with E-state index in [0.717, 1.165) is 11.1 Å². The van der Waals surface area contributed by atoms with Crippen LogP contribution in [-0.4, -0.2) is 22.6 Å². The van der Waals surface area contributed by atoms with E-state index in [1.54, 1.807) is 0 Å². The fourth-order valence-corrected chi connectivity index (χ4v) is 2.76. The molecule has 28 heavy (non-hydrogen) atoms. The summed E-state index contributed by atoms with van der Waals surface area (Å²) < 4.78 is 0. The van der Waals surface area contributed by atoms with Crippen molar-refractivity contribution in [3.8, 4) is 17.6 Å². The largest absolute Gasteiger partial charge is 0.409 e. The van der Waals surface area contributed by atoms with Crippen molar-refractivity contribution in [3.63, 3.8) is 0 Å². The van der Waals surface area contributed by atoms with Gasteiger partial charge in [-0.25, -0.2) is 0 Å². The standard InChI is InChI=1S/C21H19N3O4/c1-13-4-6-14(7-5-13)11-24-21(27)17-12-23-19-16(20(17)26)9-15(3-2-8-25)10-18(19)28-22/h4-7,9-10,12,25H,8,11,22H2,1H3,(H,23,26)(H,24,27). The van der Waals surface area contributed by atoms with Crippen molar-refractivity contribution in [1.29, 1.82) is 0 Å². The average Bonchev–Trinajstić information content (AvgIpc) is 2.71. The third-order valence-corrected chi connectivity index (χ3v) is 4.21. The Bertz CT molecular complexity index is 1140. The Labute approximate surface area is 161 Å². The second-order valence-electron chi connectivity index (χ2n) is 6.17. The molecule has 2 aromatic carbocycles. The van der Waals surface area contributed by atoms with Gasteiger partial charge in [-0.15, -0.1) is 0 Å². The van der Waals surface area contributed by atoms with E-state index in [0.29, 0.717) is 17.6 Å². The number of hydrogen-bond donors (Lipinski definition) is 4. The van der Waals surface area contributed by atoms with E-state index in [1.165, 1.54) is 18.3 Å². The van der Waals surface area contributed by atoms with E-state index in [9.17, 15) is 9.59 Å². The summed E-state index contributed by atoms with van der Waals surface area (Å²) >= 11 is 0. The van der Waals surface area contributed by atoms with E-state index in [2.05, 4.69) is 22.1 Å². The highest BCUT2D eigenvalue weighted by molar-refractivity contribution is 5.98. The predicted molar refractivity (Wildman–Crippen MR) is 106 cm³/mol. The molecule has 0 saturated carbocycles. The molecule has 5 N–H and O–H groups in total. The maximum Gasteiger partial charge on any atom is 0.257 e.